The summed E-state index contributed by atoms with van der Waals surface area (Å²) in [5, 5.41) is 19.4. The van der Waals surface area contributed by atoms with E-state index in [-0.39, 0.29) is 0 Å². The summed E-state index contributed by atoms with van der Waals surface area (Å²) in [5.74, 6) is -3.82. The summed E-state index contributed by atoms with van der Waals surface area (Å²) in [5.41, 5.74) is 0. The third-order valence-corrected chi connectivity index (χ3v) is 1.51. The molecule has 0 aliphatic heterocycles. The van der Waals surface area contributed by atoms with E-state index in [4.69, 9.17) is 5.11 Å². The molecule has 0 saturated heterocycles. The maximum atomic E-state index is 11.9. The van der Waals surface area contributed by atoms with Crippen LogP contribution in [0.2, 0.25) is 0 Å². The van der Waals surface area contributed by atoms with Crippen LogP contribution in [0.25, 0.3) is 0 Å². The molecule has 0 amide bonds. The number of aromatic nitrogens is 1. The largest absolute Gasteiger partial charge is 0.573 e. The molecule has 94 valence electrons. The molecule has 0 atom stereocenters. The van der Waals surface area contributed by atoms with E-state index in [1.54, 1.807) is 0 Å². The van der Waals surface area contributed by atoms with E-state index in [0.29, 0.717) is 6.07 Å². The molecule has 7 nitrogen and oxygen atoms in total. The summed E-state index contributed by atoms with van der Waals surface area (Å²) < 4.78 is 43.6. The third-order valence-electron chi connectivity index (χ3n) is 1.51. The van der Waals surface area contributed by atoms with Gasteiger partial charge < -0.3 is 24.7 Å². The topological polar surface area (TPSA) is 94.7 Å². The predicted octanol–water partition coefficient (Wildman–Crippen LogP) is 1.60. The number of nitro groups is 1. The molecule has 1 heterocycles. The first-order chi connectivity index (χ1) is 7.74. The fourth-order valence-electron chi connectivity index (χ4n) is 0.937. The average Bonchev–Trinajstić information content (AvgIpc) is 2.14. The van der Waals surface area contributed by atoms with E-state index in [9.17, 15) is 23.3 Å². The molecule has 0 unspecified atom stereocenters. The van der Waals surface area contributed by atoms with Gasteiger partial charge in [0.2, 0.25) is 11.5 Å². The van der Waals surface area contributed by atoms with Crippen molar-refractivity contribution in [3.05, 3.63) is 16.2 Å². The van der Waals surface area contributed by atoms with Crippen LogP contribution >= 0.6 is 0 Å². The Hall–Kier alpha value is -2.26. The number of halogens is 3. The Labute approximate surface area is 91.6 Å². The Balaban J connectivity index is 3.24. The van der Waals surface area contributed by atoms with Gasteiger partial charge in [-0.05, 0) is 4.92 Å². The first-order valence-corrected chi connectivity index (χ1v) is 3.92. The summed E-state index contributed by atoms with van der Waals surface area (Å²) in [6, 6.07) is 0.400. The van der Waals surface area contributed by atoms with Crippen LogP contribution in [0.15, 0.2) is 6.07 Å². The Morgan fingerprint density at radius 3 is 2.53 bits per heavy atom. The van der Waals surface area contributed by atoms with Gasteiger partial charge in [0.05, 0.1) is 7.11 Å². The minimum atomic E-state index is -5.03. The van der Waals surface area contributed by atoms with E-state index in [1.165, 1.54) is 0 Å². The van der Waals surface area contributed by atoms with Gasteiger partial charge in [0.15, 0.2) is 0 Å². The van der Waals surface area contributed by atoms with Gasteiger partial charge in [-0.25, -0.2) is 0 Å². The minimum absolute atomic E-state index is 0.400. The van der Waals surface area contributed by atoms with Gasteiger partial charge in [0.25, 0.3) is 0 Å². The Morgan fingerprint density at radius 1 is 1.53 bits per heavy atom. The number of aromatic hydroxyl groups is 1. The van der Waals surface area contributed by atoms with Crippen LogP contribution in [0.5, 0.6) is 17.4 Å². The van der Waals surface area contributed by atoms with E-state index in [1.807, 2.05) is 0 Å². The molecule has 0 aliphatic rings. The van der Waals surface area contributed by atoms with Gasteiger partial charge in [-0.2, -0.15) is 0 Å². The molecule has 1 aromatic rings. The molecule has 1 N–H and O–H groups in total. The lowest BCUT2D eigenvalue weighted by Crippen LogP contribution is -2.18. The second-order valence-corrected chi connectivity index (χ2v) is 2.64. The lowest BCUT2D eigenvalue weighted by atomic mass is 10.4. The highest BCUT2D eigenvalue weighted by atomic mass is 19.4. The van der Waals surface area contributed by atoms with Crippen molar-refractivity contribution in [2.75, 3.05) is 7.11 Å². The maximum absolute atomic E-state index is 11.9. The van der Waals surface area contributed by atoms with Crippen LogP contribution in [0, 0.1) is 10.1 Å². The van der Waals surface area contributed by atoms with E-state index < -0.39 is 34.5 Å². The molecule has 17 heavy (non-hydrogen) atoms. The molecule has 1 rings (SSSR count). The summed E-state index contributed by atoms with van der Waals surface area (Å²) in [4.78, 5) is 12.4. The molecular weight excluding hydrogens is 249 g/mol. The number of pyridine rings is 1. The normalized spacial score (nSPS) is 11.1. The van der Waals surface area contributed by atoms with Crippen LogP contribution in [0.1, 0.15) is 0 Å². The van der Waals surface area contributed by atoms with Crippen LogP contribution in [0.4, 0.5) is 19.0 Å². The Bertz CT molecular complexity index is 448. The number of hydrogen-bond acceptors (Lipinski definition) is 6. The zero-order valence-corrected chi connectivity index (χ0v) is 8.19. The van der Waals surface area contributed by atoms with Crippen LogP contribution < -0.4 is 9.47 Å². The first kappa shape index (κ1) is 12.8. The molecule has 10 heteroatoms. The summed E-state index contributed by atoms with van der Waals surface area (Å²) in [6.45, 7) is 0. The highest BCUT2D eigenvalue weighted by Gasteiger charge is 2.35. The zero-order valence-electron chi connectivity index (χ0n) is 8.19. The maximum Gasteiger partial charge on any atom is 0.573 e. The van der Waals surface area contributed by atoms with Crippen molar-refractivity contribution in [1.82, 2.24) is 4.98 Å². The van der Waals surface area contributed by atoms with Crippen molar-refractivity contribution in [3.63, 3.8) is 0 Å². The summed E-state index contributed by atoms with van der Waals surface area (Å²) >= 11 is 0. The predicted molar refractivity (Wildman–Crippen MR) is 45.8 cm³/mol. The second-order valence-electron chi connectivity index (χ2n) is 2.64. The SMILES string of the molecule is COc1nc([N+](=O)[O-])c(O)cc1OC(F)(F)F. The lowest BCUT2D eigenvalue weighted by molar-refractivity contribution is -0.390. The summed E-state index contributed by atoms with van der Waals surface area (Å²) in [6.07, 6.45) is -5.03. The molecule has 0 aromatic carbocycles. The van der Waals surface area contributed by atoms with Gasteiger partial charge in [-0.15, -0.1) is 13.2 Å². The smallest absolute Gasteiger partial charge is 0.501 e. The standard InChI is InChI=1S/C7H5F3N2O5/c1-16-6-4(17-7(8,9)10)2-3(13)5(11-6)12(14)15/h2,13H,1H3. The molecule has 0 fully saturated rings. The zero-order chi connectivity index (χ0) is 13.2. The van der Waals surface area contributed by atoms with Crippen molar-refractivity contribution in [2.24, 2.45) is 0 Å². The number of alkyl halides is 3. The lowest BCUT2D eigenvalue weighted by Gasteiger charge is -2.09. The quantitative estimate of drug-likeness (QED) is 0.650. The second kappa shape index (κ2) is 4.31. The fourth-order valence-corrected chi connectivity index (χ4v) is 0.937. The fraction of sp³-hybridized carbons (Fsp3) is 0.286. The molecule has 1 aromatic heterocycles. The van der Waals surface area contributed by atoms with Gasteiger partial charge in [0.1, 0.15) is 0 Å². The molecule has 0 radical (unpaired) electrons. The molecule has 0 saturated carbocycles. The van der Waals surface area contributed by atoms with Gasteiger partial charge in [0, 0.05) is 11.1 Å². The van der Waals surface area contributed by atoms with Crippen molar-refractivity contribution in [2.45, 2.75) is 6.36 Å². The minimum Gasteiger partial charge on any atom is -0.501 e. The van der Waals surface area contributed by atoms with Crippen molar-refractivity contribution in [1.29, 1.82) is 0 Å². The highest BCUT2D eigenvalue weighted by molar-refractivity contribution is 5.49. The monoisotopic (exact) mass is 254 g/mol. The Kier molecular flexibility index (Phi) is 3.25. The first-order valence-electron chi connectivity index (χ1n) is 3.92. The number of hydrogen-bond donors (Lipinski definition) is 1. The summed E-state index contributed by atoms with van der Waals surface area (Å²) in [7, 11) is 0.951. The van der Waals surface area contributed by atoms with Gasteiger partial charge in [-0.3, -0.25) is 0 Å². The van der Waals surface area contributed by atoms with Gasteiger partial charge >= 0.3 is 18.1 Å². The third kappa shape index (κ3) is 3.09. The highest BCUT2D eigenvalue weighted by Crippen LogP contribution is 2.37. The van der Waals surface area contributed by atoms with Crippen molar-refractivity contribution < 1.29 is 32.7 Å². The van der Waals surface area contributed by atoms with Crippen LogP contribution in [-0.4, -0.2) is 28.5 Å². The van der Waals surface area contributed by atoms with Crippen LogP contribution in [-0.2, 0) is 0 Å². The molecule has 0 aliphatic carbocycles. The van der Waals surface area contributed by atoms with E-state index in [2.05, 4.69) is 14.5 Å². The number of nitrogens with zero attached hydrogens (tertiary/aromatic N) is 2. The number of ether oxygens (including phenoxy) is 2. The van der Waals surface area contributed by atoms with Crippen LogP contribution in [0.3, 0.4) is 0 Å². The van der Waals surface area contributed by atoms with Crippen molar-refractivity contribution in [3.8, 4) is 17.4 Å². The number of methoxy groups -OCH3 is 1. The average molecular weight is 254 g/mol. The van der Waals surface area contributed by atoms with Gasteiger partial charge in [-0.1, -0.05) is 0 Å². The van der Waals surface area contributed by atoms with Crippen molar-refractivity contribution >= 4 is 5.82 Å². The number of rotatable bonds is 3. The molecule has 0 bridgehead atoms. The Morgan fingerprint density at radius 2 is 2.12 bits per heavy atom. The molecular formula is C7H5F3N2O5. The molecule has 0 spiro atoms. The van der Waals surface area contributed by atoms with E-state index >= 15 is 0 Å². The van der Waals surface area contributed by atoms with E-state index in [0.717, 1.165) is 7.11 Å².